The van der Waals surface area contributed by atoms with Crippen molar-refractivity contribution in [2.75, 3.05) is 13.1 Å². The number of aryl methyl sites for hydroxylation is 1. The molecule has 0 atom stereocenters. The van der Waals surface area contributed by atoms with Crippen molar-refractivity contribution in [3.63, 3.8) is 0 Å². The molecule has 0 unspecified atom stereocenters. The molecule has 5 nitrogen and oxygen atoms in total. The molecule has 4 rings (SSSR count). The van der Waals surface area contributed by atoms with Crippen LogP contribution in [0.4, 0.5) is 13.2 Å². The second kappa shape index (κ2) is 5.82. The van der Waals surface area contributed by atoms with Crippen LogP contribution >= 0.6 is 0 Å². The van der Waals surface area contributed by atoms with Gasteiger partial charge in [-0.05, 0) is 18.6 Å². The molecule has 134 valence electrons. The maximum absolute atomic E-state index is 14.4. The van der Waals surface area contributed by atoms with Crippen LogP contribution in [0.5, 0.6) is 0 Å². The summed E-state index contributed by atoms with van der Waals surface area (Å²) in [6.07, 6.45) is 3.04. The van der Waals surface area contributed by atoms with Crippen LogP contribution in [0.2, 0.25) is 0 Å². The van der Waals surface area contributed by atoms with Crippen LogP contribution in [0, 0.1) is 12.7 Å². The van der Waals surface area contributed by atoms with Gasteiger partial charge in [-0.2, -0.15) is 5.10 Å². The molecule has 3 heterocycles. The highest BCUT2D eigenvalue weighted by molar-refractivity contribution is 5.83. The van der Waals surface area contributed by atoms with E-state index in [-0.39, 0.29) is 12.4 Å². The number of likely N-dealkylation sites (tertiary alicyclic amines) is 1. The first kappa shape index (κ1) is 16.6. The second-order valence-corrected chi connectivity index (χ2v) is 6.47. The quantitative estimate of drug-likeness (QED) is 0.721. The average molecular weight is 360 g/mol. The van der Waals surface area contributed by atoms with Gasteiger partial charge in [0.1, 0.15) is 17.9 Å². The molecule has 1 aliphatic rings. The zero-order valence-electron chi connectivity index (χ0n) is 13.9. The van der Waals surface area contributed by atoms with Gasteiger partial charge in [0, 0.05) is 17.3 Å². The summed E-state index contributed by atoms with van der Waals surface area (Å²) in [5.41, 5.74) is 2.57. The summed E-state index contributed by atoms with van der Waals surface area (Å²) in [6.45, 7) is 0.379. The van der Waals surface area contributed by atoms with Crippen LogP contribution in [0.15, 0.2) is 36.7 Å². The topological polar surface area (TPSA) is 51.0 Å². The number of amides is 1. The van der Waals surface area contributed by atoms with Crippen LogP contribution in [0.3, 0.4) is 0 Å². The summed E-state index contributed by atoms with van der Waals surface area (Å²) in [6, 6.07) is 6.78. The predicted octanol–water partition coefficient (Wildman–Crippen LogP) is 3.02. The molecular weight excluding hydrogens is 345 g/mol. The van der Waals surface area contributed by atoms with Gasteiger partial charge in [0.15, 0.2) is 0 Å². The van der Waals surface area contributed by atoms with E-state index < -0.39 is 24.9 Å². The second-order valence-electron chi connectivity index (χ2n) is 6.47. The zero-order valence-corrected chi connectivity index (χ0v) is 13.9. The van der Waals surface area contributed by atoms with Gasteiger partial charge in [-0.3, -0.25) is 14.5 Å². The fourth-order valence-electron chi connectivity index (χ4n) is 3.02. The van der Waals surface area contributed by atoms with Crippen molar-refractivity contribution in [3.05, 3.63) is 48.0 Å². The van der Waals surface area contributed by atoms with E-state index in [2.05, 4.69) is 10.1 Å². The maximum atomic E-state index is 14.4. The van der Waals surface area contributed by atoms with Gasteiger partial charge in [-0.1, -0.05) is 18.2 Å². The summed E-state index contributed by atoms with van der Waals surface area (Å²) in [4.78, 5) is 17.5. The highest BCUT2D eigenvalue weighted by Crippen LogP contribution is 2.28. The Morgan fingerprint density at radius 3 is 2.77 bits per heavy atom. The van der Waals surface area contributed by atoms with Crippen LogP contribution in [0.25, 0.3) is 22.2 Å². The van der Waals surface area contributed by atoms with Crippen LogP contribution in [-0.2, 0) is 11.3 Å². The van der Waals surface area contributed by atoms with Crippen LogP contribution in [0.1, 0.15) is 5.56 Å². The van der Waals surface area contributed by atoms with Crippen molar-refractivity contribution >= 4 is 16.9 Å². The highest BCUT2D eigenvalue weighted by Gasteiger charge is 2.46. The van der Waals surface area contributed by atoms with Gasteiger partial charge < -0.3 is 4.90 Å². The van der Waals surface area contributed by atoms with Gasteiger partial charge in [-0.25, -0.2) is 13.2 Å². The maximum Gasteiger partial charge on any atom is 0.282 e. The molecule has 1 fully saturated rings. The van der Waals surface area contributed by atoms with Gasteiger partial charge in [0.25, 0.3) is 5.92 Å². The minimum absolute atomic E-state index is 0.166. The lowest BCUT2D eigenvalue weighted by molar-refractivity contribution is -0.166. The molecule has 0 spiro atoms. The summed E-state index contributed by atoms with van der Waals surface area (Å²) in [7, 11) is 0. The van der Waals surface area contributed by atoms with Crippen molar-refractivity contribution in [2.45, 2.75) is 19.4 Å². The monoisotopic (exact) mass is 360 g/mol. The summed E-state index contributed by atoms with van der Waals surface area (Å²) in [5, 5.41) is 4.11. The number of carbonyl (C=O) groups excluding carboxylic acids is 1. The molecule has 1 amide bonds. The molecule has 0 bridgehead atoms. The van der Waals surface area contributed by atoms with Crippen LogP contribution in [-0.4, -0.2) is 44.6 Å². The van der Waals surface area contributed by atoms with E-state index >= 15 is 0 Å². The zero-order chi connectivity index (χ0) is 18.5. The minimum atomic E-state index is -2.81. The number of aromatic nitrogens is 3. The molecular formula is C18H15F3N4O. The third-order valence-electron chi connectivity index (χ3n) is 4.48. The first-order valence-electron chi connectivity index (χ1n) is 8.07. The molecule has 2 aromatic heterocycles. The molecule has 8 heteroatoms. The fourth-order valence-corrected chi connectivity index (χ4v) is 3.02. The van der Waals surface area contributed by atoms with Crippen LogP contribution < -0.4 is 0 Å². The molecule has 1 saturated heterocycles. The van der Waals surface area contributed by atoms with E-state index in [0.29, 0.717) is 27.7 Å². The molecule has 0 N–H and O–H groups in total. The lowest BCUT2D eigenvalue weighted by Crippen LogP contribution is -2.59. The average Bonchev–Trinajstić information content (AvgIpc) is 2.97. The van der Waals surface area contributed by atoms with Gasteiger partial charge in [-0.15, -0.1) is 0 Å². The number of hydrogen-bond donors (Lipinski definition) is 0. The fraction of sp³-hybridized carbons (Fsp3) is 0.278. The van der Waals surface area contributed by atoms with Crippen molar-refractivity contribution in [3.8, 4) is 11.1 Å². The lowest BCUT2D eigenvalue weighted by Gasteiger charge is -2.38. The Bertz CT molecular complexity index is 1010. The molecule has 1 aliphatic heterocycles. The van der Waals surface area contributed by atoms with Crippen molar-refractivity contribution < 1.29 is 18.0 Å². The standard InChI is InChI=1S/C18H15F3N4O/c1-11-3-2-4-13(17(11)19)12-5-15-14(22-6-12)7-23-25(15)8-16(26)24-9-18(20,21)10-24/h2-7H,8-10H2,1H3. The third-order valence-corrected chi connectivity index (χ3v) is 4.48. The largest absolute Gasteiger partial charge is 0.329 e. The summed E-state index contributed by atoms with van der Waals surface area (Å²) >= 11 is 0. The smallest absolute Gasteiger partial charge is 0.282 e. The summed E-state index contributed by atoms with van der Waals surface area (Å²) in [5.74, 6) is -3.58. The first-order valence-corrected chi connectivity index (χ1v) is 8.07. The normalized spacial score (nSPS) is 15.9. The number of fused-ring (bicyclic) bond motifs is 1. The number of nitrogens with zero attached hydrogens (tertiary/aromatic N) is 4. The lowest BCUT2D eigenvalue weighted by atomic mass is 10.0. The molecule has 0 aliphatic carbocycles. The van der Waals surface area contributed by atoms with E-state index in [0.717, 1.165) is 4.90 Å². The Hall–Kier alpha value is -2.90. The number of alkyl halides is 2. The van der Waals surface area contributed by atoms with Crippen molar-refractivity contribution in [2.24, 2.45) is 0 Å². The predicted molar refractivity (Wildman–Crippen MR) is 89.2 cm³/mol. The highest BCUT2D eigenvalue weighted by atomic mass is 19.3. The Labute approximate surface area is 147 Å². The van der Waals surface area contributed by atoms with Crippen molar-refractivity contribution in [1.82, 2.24) is 19.7 Å². The Morgan fingerprint density at radius 1 is 1.27 bits per heavy atom. The Morgan fingerprint density at radius 2 is 2.04 bits per heavy atom. The number of hydrogen-bond acceptors (Lipinski definition) is 3. The minimum Gasteiger partial charge on any atom is -0.329 e. The number of carbonyl (C=O) groups is 1. The van der Waals surface area contributed by atoms with E-state index in [1.807, 2.05) is 0 Å². The molecule has 26 heavy (non-hydrogen) atoms. The van der Waals surface area contributed by atoms with Crippen molar-refractivity contribution in [1.29, 1.82) is 0 Å². The number of halogens is 3. The molecule has 1 aromatic carbocycles. The Balaban J connectivity index is 1.65. The van der Waals surface area contributed by atoms with E-state index in [1.54, 1.807) is 37.4 Å². The SMILES string of the molecule is Cc1cccc(-c2cnc3cnn(CC(=O)N4CC(F)(F)C4)c3c2)c1F. The summed E-state index contributed by atoms with van der Waals surface area (Å²) < 4.78 is 41.6. The molecule has 0 saturated carbocycles. The van der Waals surface area contributed by atoms with Gasteiger partial charge in [0.2, 0.25) is 5.91 Å². The first-order chi connectivity index (χ1) is 12.3. The van der Waals surface area contributed by atoms with E-state index in [4.69, 9.17) is 0 Å². The third kappa shape index (κ3) is 2.81. The Kier molecular flexibility index (Phi) is 3.71. The van der Waals surface area contributed by atoms with Gasteiger partial charge >= 0.3 is 0 Å². The van der Waals surface area contributed by atoms with E-state index in [1.165, 1.54) is 10.9 Å². The molecule has 3 aromatic rings. The van der Waals surface area contributed by atoms with Gasteiger partial charge in [0.05, 0.1) is 24.8 Å². The molecule has 0 radical (unpaired) electrons. The number of pyridine rings is 1. The number of benzene rings is 1. The van der Waals surface area contributed by atoms with E-state index in [9.17, 15) is 18.0 Å². The number of rotatable bonds is 3.